The zero-order valence-electron chi connectivity index (χ0n) is 10.7. The van der Waals surface area contributed by atoms with Gasteiger partial charge >= 0.3 is 0 Å². The molecule has 0 spiro atoms. The first-order chi connectivity index (χ1) is 8.66. The van der Waals surface area contributed by atoms with Crippen molar-refractivity contribution in [2.24, 2.45) is 11.1 Å². The van der Waals surface area contributed by atoms with Gasteiger partial charge in [0.05, 0.1) is 17.6 Å². The Hall–Kier alpha value is -0.690. The number of ether oxygens (including phenoxy) is 1. The maximum absolute atomic E-state index is 12.1. The van der Waals surface area contributed by atoms with Crippen LogP contribution in [0.1, 0.15) is 19.3 Å². The molecule has 0 aromatic rings. The van der Waals surface area contributed by atoms with Crippen LogP contribution in [0.3, 0.4) is 0 Å². The van der Waals surface area contributed by atoms with Crippen molar-refractivity contribution in [1.29, 1.82) is 0 Å². The highest BCUT2D eigenvalue weighted by molar-refractivity contribution is 5.84. The van der Waals surface area contributed by atoms with Crippen molar-refractivity contribution in [3.63, 3.8) is 0 Å². The third kappa shape index (κ3) is 3.00. The van der Waals surface area contributed by atoms with E-state index in [-0.39, 0.29) is 18.1 Å². The van der Waals surface area contributed by atoms with E-state index in [4.69, 9.17) is 10.5 Å². The zero-order valence-corrected chi connectivity index (χ0v) is 10.7. The number of aliphatic hydroxyl groups excluding tert-OH is 1. The van der Waals surface area contributed by atoms with Crippen LogP contribution in [0.25, 0.3) is 0 Å². The van der Waals surface area contributed by atoms with Crippen LogP contribution in [0.4, 0.5) is 0 Å². The van der Waals surface area contributed by atoms with Crippen molar-refractivity contribution in [2.45, 2.75) is 31.5 Å². The lowest BCUT2D eigenvalue weighted by Gasteiger charge is -2.43. The van der Waals surface area contributed by atoms with Crippen molar-refractivity contribution >= 4 is 5.91 Å². The van der Waals surface area contributed by atoms with E-state index in [1.807, 2.05) is 0 Å². The Kier molecular flexibility index (Phi) is 4.55. The molecule has 2 aliphatic rings. The molecule has 1 saturated heterocycles. The molecule has 5 N–H and O–H groups in total. The molecule has 18 heavy (non-hydrogen) atoms. The van der Waals surface area contributed by atoms with Crippen LogP contribution < -0.4 is 16.4 Å². The molecule has 1 aliphatic heterocycles. The summed E-state index contributed by atoms with van der Waals surface area (Å²) in [5.74, 6) is -0.0526. The van der Waals surface area contributed by atoms with Gasteiger partial charge < -0.3 is 26.2 Å². The first-order valence-corrected chi connectivity index (χ1v) is 6.65. The molecule has 1 atom stereocenters. The zero-order chi connectivity index (χ0) is 13.0. The summed E-state index contributed by atoms with van der Waals surface area (Å²) in [6.07, 6.45) is 1.59. The second kappa shape index (κ2) is 5.97. The lowest BCUT2D eigenvalue weighted by atomic mass is 9.66. The minimum Gasteiger partial charge on any atom is -0.393 e. The minimum atomic E-state index is -0.558. The largest absolute Gasteiger partial charge is 0.393 e. The second-order valence-corrected chi connectivity index (χ2v) is 5.31. The Labute approximate surface area is 107 Å². The predicted molar refractivity (Wildman–Crippen MR) is 67.0 cm³/mol. The first-order valence-electron chi connectivity index (χ1n) is 6.65. The molecule has 1 amide bonds. The molecule has 1 heterocycles. The second-order valence-electron chi connectivity index (χ2n) is 5.31. The Morgan fingerprint density at radius 3 is 3.00 bits per heavy atom. The average Bonchev–Trinajstić information content (AvgIpc) is 2.60. The van der Waals surface area contributed by atoms with E-state index in [0.29, 0.717) is 25.9 Å². The van der Waals surface area contributed by atoms with Crippen LogP contribution in [0.15, 0.2) is 0 Å². The van der Waals surface area contributed by atoms with Crippen molar-refractivity contribution in [3.8, 4) is 0 Å². The van der Waals surface area contributed by atoms with Gasteiger partial charge in [-0.05, 0) is 25.8 Å². The quantitative estimate of drug-likeness (QED) is 0.496. The van der Waals surface area contributed by atoms with E-state index in [1.165, 1.54) is 0 Å². The number of amides is 1. The standard InChI is InChI=1S/C12H23N3O3/c13-8-12(4-9(16)5-12)11(17)15-7-10-6-14-2-1-3-18-10/h9-10,14,16H,1-8,13H2,(H,15,17). The number of rotatable bonds is 4. The molecule has 0 aromatic heterocycles. The maximum atomic E-state index is 12.1. The van der Waals surface area contributed by atoms with E-state index < -0.39 is 5.41 Å². The van der Waals surface area contributed by atoms with Gasteiger partial charge in [0.15, 0.2) is 0 Å². The molecule has 2 fully saturated rings. The highest BCUT2D eigenvalue weighted by Crippen LogP contribution is 2.40. The van der Waals surface area contributed by atoms with Gasteiger partial charge in [0, 0.05) is 26.2 Å². The van der Waals surface area contributed by atoms with E-state index in [9.17, 15) is 9.90 Å². The number of nitrogens with two attached hydrogens (primary N) is 1. The average molecular weight is 257 g/mol. The van der Waals surface area contributed by atoms with E-state index in [1.54, 1.807) is 0 Å². The van der Waals surface area contributed by atoms with E-state index in [0.717, 1.165) is 26.1 Å². The highest BCUT2D eigenvalue weighted by Gasteiger charge is 2.48. The molecule has 1 saturated carbocycles. The lowest BCUT2D eigenvalue weighted by Crippen LogP contribution is -2.57. The van der Waals surface area contributed by atoms with Gasteiger partial charge in [0.1, 0.15) is 0 Å². The smallest absolute Gasteiger partial charge is 0.227 e. The van der Waals surface area contributed by atoms with Crippen molar-refractivity contribution < 1.29 is 14.6 Å². The topological polar surface area (TPSA) is 96.6 Å². The van der Waals surface area contributed by atoms with E-state index in [2.05, 4.69) is 10.6 Å². The number of aliphatic hydroxyl groups is 1. The van der Waals surface area contributed by atoms with Crippen LogP contribution in [0.2, 0.25) is 0 Å². The van der Waals surface area contributed by atoms with Crippen molar-refractivity contribution in [2.75, 3.05) is 32.8 Å². The molecule has 2 rings (SSSR count). The van der Waals surface area contributed by atoms with Crippen LogP contribution >= 0.6 is 0 Å². The SMILES string of the molecule is NCC1(C(=O)NCC2CNCCCO2)CC(O)C1. The molecule has 6 heteroatoms. The van der Waals surface area contributed by atoms with Crippen molar-refractivity contribution in [3.05, 3.63) is 0 Å². The fraction of sp³-hybridized carbons (Fsp3) is 0.917. The van der Waals surface area contributed by atoms with Crippen LogP contribution in [-0.4, -0.2) is 56.0 Å². The third-order valence-electron chi connectivity index (χ3n) is 3.84. The summed E-state index contributed by atoms with van der Waals surface area (Å²) in [5.41, 5.74) is 5.09. The monoisotopic (exact) mass is 257 g/mol. The number of carbonyl (C=O) groups is 1. The predicted octanol–water partition coefficient (Wildman–Crippen LogP) is -1.42. The minimum absolute atomic E-state index is 0.0243. The Bertz CT molecular complexity index is 284. The third-order valence-corrected chi connectivity index (χ3v) is 3.84. The number of hydrogen-bond acceptors (Lipinski definition) is 5. The molecular formula is C12H23N3O3. The molecule has 0 radical (unpaired) electrons. The summed E-state index contributed by atoms with van der Waals surface area (Å²) in [7, 11) is 0. The normalized spacial score (nSPS) is 36.6. The summed E-state index contributed by atoms with van der Waals surface area (Å²) in [5, 5.41) is 15.5. The fourth-order valence-corrected chi connectivity index (χ4v) is 2.58. The molecule has 1 unspecified atom stereocenters. The van der Waals surface area contributed by atoms with Gasteiger partial charge in [-0.2, -0.15) is 0 Å². The number of hydrogen-bond donors (Lipinski definition) is 4. The molecule has 0 aromatic carbocycles. The Balaban J connectivity index is 1.77. The van der Waals surface area contributed by atoms with Gasteiger partial charge in [-0.25, -0.2) is 0 Å². The van der Waals surface area contributed by atoms with Crippen LogP contribution in [0.5, 0.6) is 0 Å². The maximum Gasteiger partial charge on any atom is 0.227 e. The van der Waals surface area contributed by atoms with Gasteiger partial charge in [-0.15, -0.1) is 0 Å². The van der Waals surface area contributed by atoms with E-state index >= 15 is 0 Å². The molecule has 104 valence electrons. The summed E-state index contributed by atoms with van der Waals surface area (Å²) in [6, 6.07) is 0. The molecule has 0 bridgehead atoms. The molecular weight excluding hydrogens is 234 g/mol. The molecule has 6 nitrogen and oxygen atoms in total. The lowest BCUT2D eigenvalue weighted by molar-refractivity contribution is -0.143. The summed E-state index contributed by atoms with van der Waals surface area (Å²) in [6.45, 7) is 3.25. The summed E-state index contributed by atoms with van der Waals surface area (Å²) < 4.78 is 5.61. The molecule has 1 aliphatic carbocycles. The van der Waals surface area contributed by atoms with Gasteiger partial charge in [-0.3, -0.25) is 4.79 Å². The Morgan fingerprint density at radius 1 is 1.56 bits per heavy atom. The Morgan fingerprint density at radius 2 is 2.33 bits per heavy atom. The number of carbonyl (C=O) groups excluding carboxylic acids is 1. The number of nitrogens with one attached hydrogen (secondary N) is 2. The van der Waals surface area contributed by atoms with Gasteiger partial charge in [-0.1, -0.05) is 0 Å². The van der Waals surface area contributed by atoms with Crippen LogP contribution in [0, 0.1) is 5.41 Å². The van der Waals surface area contributed by atoms with Gasteiger partial charge in [0.25, 0.3) is 0 Å². The summed E-state index contributed by atoms with van der Waals surface area (Å²) >= 11 is 0. The summed E-state index contributed by atoms with van der Waals surface area (Å²) in [4.78, 5) is 12.1. The highest BCUT2D eigenvalue weighted by atomic mass is 16.5. The fourth-order valence-electron chi connectivity index (χ4n) is 2.58. The van der Waals surface area contributed by atoms with Gasteiger partial charge in [0.2, 0.25) is 5.91 Å². The van der Waals surface area contributed by atoms with Crippen molar-refractivity contribution in [1.82, 2.24) is 10.6 Å². The first kappa shape index (κ1) is 13.7. The van der Waals surface area contributed by atoms with Crippen LogP contribution in [-0.2, 0) is 9.53 Å².